The van der Waals surface area contributed by atoms with E-state index >= 15 is 0 Å². The number of rotatable bonds is 30. The van der Waals surface area contributed by atoms with Crippen molar-refractivity contribution in [3.8, 4) is 12.3 Å². The van der Waals surface area contributed by atoms with Crippen LogP contribution in [0.2, 0.25) is 0 Å². The molecule has 5 aromatic rings. The zero-order valence-electron chi connectivity index (χ0n) is 42.6. The first kappa shape index (κ1) is 72.9. The fraction of sp³-hybridized carbons (Fsp3) is 0.408. The largest absolute Gasteiger partial charge is 1.00 e. The molecular formula is C49H68B3CuN15O13+. The van der Waals surface area contributed by atoms with Gasteiger partial charge in [0.15, 0.2) is 0 Å². The molecule has 32 heteroatoms. The van der Waals surface area contributed by atoms with Gasteiger partial charge in [-0.05, 0) is 115 Å². The number of anilines is 3. The number of azide groups is 2. The fourth-order valence-corrected chi connectivity index (χ4v) is 7.07. The summed E-state index contributed by atoms with van der Waals surface area (Å²) < 4.78 is 3.10. The quantitative estimate of drug-likeness (QED) is 0.00785. The number of carboxylic acids is 2. The smallest absolute Gasteiger partial charge is 0.481 e. The molecule has 2 aromatic heterocycles. The molecule has 0 aliphatic carbocycles. The molecule has 81 heavy (non-hydrogen) atoms. The van der Waals surface area contributed by atoms with Crippen LogP contribution in [0.25, 0.3) is 20.9 Å². The summed E-state index contributed by atoms with van der Waals surface area (Å²) in [4.78, 5) is 63.6. The Hall–Kier alpha value is -8.06. The summed E-state index contributed by atoms with van der Waals surface area (Å²) in [5.41, 5.74) is 19.6. The van der Waals surface area contributed by atoms with Crippen LogP contribution >= 0.6 is 0 Å². The molecule has 0 unspecified atom stereocenters. The van der Waals surface area contributed by atoms with Crippen LogP contribution in [-0.4, -0.2) is 134 Å². The van der Waals surface area contributed by atoms with Gasteiger partial charge in [-0.25, -0.2) is 9.36 Å². The Labute approximate surface area is 479 Å². The third kappa shape index (κ3) is 29.1. The van der Waals surface area contributed by atoms with E-state index in [9.17, 15) is 49.2 Å². The van der Waals surface area contributed by atoms with Crippen molar-refractivity contribution in [2.45, 2.75) is 105 Å². The monoisotopic (exact) mass is 1170 g/mol. The molecule has 11 N–H and O–H groups in total. The zero-order valence-corrected chi connectivity index (χ0v) is 43.6. The van der Waals surface area contributed by atoms with E-state index < -0.39 is 45.1 Å². The van der Waals surface area contributed by atoms with E-state index in [1.165, 1.54) is 18.2 Å². The number of carboxylic acid groups (broad SMARTS) is 2. The molecule has 0 fully saturated rings. The molecule has 3 aromatic carbocycles. The van der Waals surface area contributed by atoms with Gasteiger partial charge in [-0.15, -0.1) is 22.5 Å². The van der Waals surface area contributed by atoms with Crippen molar-refractivity contribution in [1.82, 2.24) is 30.0 Å². The van der Waals surface area contributed by atoms with Crippen molar-refractivity contribution in [2.75, 3.05) is 29.0 Å². The molecule has 5 rings (SSSR count). The van der Waals surface area contributed by atoms with Crippen molar-refractivity contribution in [3.05, 3.63) is 117 Å². The summed E-state index contributed by atoms with van der Waals surface area (Å²) in [7, 11) is -4.78. The molecule has 3 amide bonds. The minimum Gasteiger partial charge on any atom is -0.481 e. The van der Waals surface area contributed by atoms with Crippen LogP contribution in [0, 0.1) is 24.2 Å². The van der Waals surface area contributed by atoms with Crippen molar-refractivity contribution < 1.29 is 81.4 Å². The van der Waals surface area contributed by atoms with Gasteiger partial charge < -0.3 is 56.3 Å². The number of amides is 3. The minimum atomic E-state index is -1.63. The third-order valence-electron chi connectivity index (χ3n) is 11.2. The van der Waals surface area contributed by atoms with Gasteiger partial charge in [-0.3, -0.25) is 24.0 Å². The number of carbonyl (C=O) groups excluding carboxylic acids is 3. The Bertz CT molecular complexity index is 2730. The SMILES string of the molecule is C.C.C#CCCCCC(=O)Nc1cccc(B(O)O)c1.O=C(CCCCc1cnnn1CC(Cn1nncc1CCCCC(=O)Nc1cccc(B(O)O)c1)C(=O)O)Nc1cccc(B(O)O)c1.[Cu+].[N-]=[N+]=NCC(CN=[N+]=[N-])C(=O)O. The first-order chi connectivity index (χ1) is 37.4. The second kappa shape index (κ2) is 41.0. The molecular weight excluding hydrogens is 1100 g/mol. The Morgan fingerprint density at radius 1 is 0.580 bits per heavy atom. The number of carbonyl (C=O) groups is 5. The fourth-order valence-electron chi connectivity index (χ4n) is 7.07. The summed E-state index contributed by atoms with van der Waals surface area (Å²) in [5.74, 6) is -1.98. The van der Waals surface area contributed by atoms with Gasteiger partial charge in [0, 0.05) is 65.7 Å². The standard InChI is InChI=1S/C30H38B2N8O8.C13H16BNO3.C4H6N6O2.2CH4.Cu/c41-28(35-24-9-5-7-22(15-24)31(45)46)13-3-1-11-26-17-33-37-39(26)19-21(30(43)44)20-40-27(18-34-38-40)12-2-4-14-29(42)36-25-10-6-8-23(16-25)32(47)48;1-2-3-4-5-9-13(16)15-12-8-6-7-11(10-12)14(17)18;5-9-7-1-3(4(11)12)2-8-10-6;;;/h5-10,15-18,21,45-48H,1-4,11-14,19-20H2,(H,35,41)(H,36,42)(H,43,44);1,6-8,10,17-18H,3-5,9H2,(H,15,16);3H,1-2H2,(H,11,12);2*1H4;/q;;;;;+1. The van der Waals surface area contributed by atoms with E-state index in [1.807, 2.05) is 0 Å². The molecule has 0 atom stereocenters. The third-order valence-corrected chi connectivity index (χ3v) is 11.2. The van der Waals surface area contributed by atoms with Crippen molar-refractivity contribution in [2.24, 2.45) is 22.1 Å². The number of benzene rings is 3. The Balaban J connectivity index is 0.00000159. The Kier molecular flexibility index (Phi) is 36.9. The van der Waals surface area contributed by atoms with Crippen molar-refractivity contribution in [3.63, 3.8) is 0 Å². The average Bonchev–Trinajstić information content (AvgIpc) is 4.06. The second-order valence-electron chi connectivity index (χ2n) is 17.2. The van der Waals surface area contributed by atoms with Gasteiger partial charge in [0.25, 0.3) is 0 Å². The van der Waals surface area contributed by atoms with E-state index in [2.05, 4.69) is 62.5 Å². The van der Waals surface area contributed by atoms with Crippen LogP contribution in [0.5, 0.6) is 0 Å². The number of aryl methyl sites for hydroxylation is 2. The van der Waals surface area contributed by atoms with Gasteiger partial charge in [0.05, 0.1) is 48.7 Å². The zero-order chi connectivity index (χ0) is 57.2. The molecule has 0 aliphatic heterocycles. The molecule has 0 aliphatic rings. The number of terminal acetylenes is 1. The molecule has 0 bridgehead atoms. The Morgan fingerprint density at radius 3 is 1.23 bits per heavy atom. The number of nitrogens with zero attached hydrogens (tertiary/aromatic N) is 12. The van der Waals surface area contributed by atoms with Gasteiger partial charge in [0.1, 0.15) is 0 Å². The van der Waals surface area contributed by atoms with Gasteiger partial charge in [-0.1, -0.05) is 71.9 Å². The summed E-state index contributed by atoms with van der Waals surface area (Å²) in [5, 5.41) is 104. The Morgan fingerprint density at radius 2 is 0.926 bits per heavy atom. The van der Waals surface area contributed by atoms with Crippen molar-refractivity contribution >= 4 is 84.5 Å². The second-order valence-corrected chi connectivity index (χ2v) is 17.2. The predicted octanol–water partition coefficient (Wildman–Crippen LogP) is 2.41. The number of hydrogen-bond donors (Lipinski definition) is 11. The van der Waals surface area contributed by atoms with E-state index in [1.54, 1.807) is 76.4 Å². The molecule has 0 spiro atoms. The molecule has 2 heterocycles. The number of nitrogens with one attached hydrogen (secondary N) is 3. The van der Waals surface area contributed by atoms with Crippen LogP contribution in [0.3, 0.4) is 0 Å². The molecule has 28 nitrogen and oxygen atoms in total. The number of hydrogen-bond acceptors (Lipinski definition) is 17. The summed E-state index contributed by atoms with van der Waals surface area (Å²) in [6.07, 6.45) is 14.9. The summed E-state index contributed by atoms with van der Waals surface area (Å²) in [6.45, 7) is -0.284. The van der Waals surface area contributed by atoms with Crippen LogP contribution in [-0.2, 0) is 67.0 Å². The molecule has 0 radical (unpaired) electrons. The van der Waals surface area contributed by atoms with Crippen LogP contribution < -0.4 is 32.3 Å². The summed E-state index contributed by atoms with van der Waals surface area (Å²) in [6, 6.07) is 19.1. The first-order valence-electron chi connectivity index (χ1n) is 24.4. The minimum absolute atomic E-state index is 0. The first-order valence-corrected chi connectivity index (χ1v) is 24.4. The summed E-state index contributed by atoms with van der Waals surface area (Å²) >= 11 is 0. The average molecular weight is 1170 g/mol. The van der Waals surface area contributed by atoms with E-state index in [4.69, 9.17) is 32.6 Å². The normalized spacial score (nSPS) is 10.2. The molecule has 0 saturated heterocycles. The molecule has 436 valence electrons. The predicted molar refractivity (Wildman–Crippen MR) is 301 cm³/mol. The molecule has 0 saturated carbocycles. The number of unbranched alkanes of at least 4 members (excludes halogenated alkanes) is 4. The van der Waals surface area contributed by atoms with Gasteiger partial charge in [-0.2, -0.15) is 0 Å². The topological polar surface area (TPSA) is 442 Å². The van der Waals surface area contributed by atoms with E-state index in [-0.39, 0.29) is 99.6 Å². The van der Waals surface area contributed by atoms with Gasteiger partial charge in [0.2, 0.25) is 17.7 Å². The van der Waals surface area contributed by atoms with Crippen LogP contribution in [0.4, 0.5) is 17.1 Å². The van der Waals surface area contributed by atoms with Gasteiger partial charge >= 0.3 is 50.4 Å². The van der Waals surface area contributed by atoms with E-state index in [0.29, 0.717) is 73.9 Å². The van der Waals surface area contributed by atoms with E-state index in [0.717, 1.165) is 24.2 Å². The van der Waals surface area contributed by atoms with Crippen LogP contribution in [0.1, 0.15) is 90.4 Å². The number of aromatic nitrogens is 6. The van der Waals surface area contributed by atoms with Crippen molar-refractivity contribution in [1.29, 1.82) is 0 Å². The maximum atomic E-state index is 12.4. The maximum Gasteiger partial charge on any atom is 1.00 e. The number of aliphatic carboxylic acids is 2. The maximum absolute atomic E-state index is 12.4. The van der Waals surface area contributed by atoms with Crippen LogP contribution in [0.15, 0.2) is 95.4 Å².